The standard InChI is InChI=1S/C18H18F3N5S.C2HF3O2/c19-18(20,21)10-3-4-11-13(6-10)27-15-14(11)24-17(22)25-16(15)26-7-9-2-1-5-23-12(9)8-26;3-2(4,5)1(6)7/h3-4,6,9,12,23H,1-2,5,7-8H2,(H2,22,24,25);(H,6,7). The van der Waals surface area contributed by atoms with Crippen LogP contribution < -0.4 is 16.0 Å². The van der Waals surface area contributed by atoms with Gasteiger partial charge in [0.2, 0.25) is 5.95 Å². The molecule has 0 bridgehead atoms. The van der Waals surface area contributed by atoms with Crippen LogP contribution in [0.2, 0.25) is 0 Å². The molecule has 5 rings (SSSR count). The first-order valence-corrected chi connectivity index (χ1v) is 11.0. The molecule has 2 saturated heterocycles. The molecule has 2 aromatic heterocycles. The Morgan fingerprint density at radius 2 is 1.88 bits per heavy atom. The molecule has 0 radical (unpaired) electrons. The fourth-order valence-corrected chi connectivity index (χ4v) is 5.45. The van der Waals surface area contributed by atoms with Gasteiger partial charge < -0.3 is 21.1 Å². The molecule has 3 aromatic rings. The number of hydrogen-bond donors (Lipinski definition) is 3. The van der Waals surface area contributed by atoms with Crippen LogP contribution in [0.1, 0.15) is 18.4 Å². The summed E-state index contributed by atoms with van der Waals surface area (Å²) < 4.78 is 72.3. The van der Waals surface area contributed by atoms with Gasteiger partial charge in [-0.1, -0.05) is 6.07 Å². The topological polar surface area (TPSA) is 104 Å². The van der Waals surface area contributed by atoms with Crippen molar-refractivity contribution in [3.8, 4) is 0 Å². The number of thiophene rings is 1. The highest BCUT2D eigenvalue weighted by Crippen LogP contribution is 2.42. The number of carboxylic acid groups (broad SMARTS) is 1. The number of rotatable bonds is 1. The molecular formula is C20H19F6N5O2S. The second-order valence-electron chi connectivity index (χ2n) is 8.06. The van der Waals surface area contributed by atoms with Crippen LogP contribution in [-0.2, 0) is 11.0 Å². The number of nitrogens with one attached hydrogen (secondary N) is 1. The van der Waals surface area contributed by atoms with E-state index in [9.17, 15) is 26.3 Å². The molecule has 2 unspecified atom stereocenters. The van der Waals surface area contributed by atoms with Crippen molar-refractivity contribution in [1.29, 1.82) is 0 Å². The van der Waals surface area contributed by atoms with Crippen molar-refractivity contribution in [3.63, 3.8) is 0 Å². The summed E-state index contributed by atoms with van der Waals surface area (Å²) in [4.78, 5) is 19.9. The van der Waals surface area contributed by atoms with E-state index in [1.165, 1.54) is 36.3 Å². The highest BCUT2D eigenvalue weighted by molar-refractivity contribution is 7.26. The van der Waals surface area contributed by atoms with Gasteiger partial charge in [-0.25, -0.2) is 9.78 Å². The Bertz CT molecular complexity index is 1210. The number of anilines is 2. The molecule has 2 atom stereocenters. The summed E-state index contributed by atoms with van der Waals surface area (Å²) in [6.45, 7) is 2.74. The van der Waals surface area contributed by atoms with E-state index in [0.717, 1.165) is 36.2 Å². The van der Waals surface area contributed by atoms with Gasteiger partial charge in [-0.2, -0.15) is 31.3 Å². The molecule has 34 heavy (non-hydrogen) atoms. The van der Waals surface area contributed by atoms with Crippen molar-refractivity contribution in [1.82, 2.24) is 15.3 Å². The smallest absolute Gasteiger partial charge is 0.475 e. The zero-order chi connectivity index (χ0) is 24.8. The van der Waals surface area contributed by atoms with Crippen LogP contribution in [0.5, 0.6) is 0 Å². The van der Waals surface area contributed by atoms with Crippen LogP contribution in [0, 0.1) is 5.92 Å². The molecule has 2 aliphatic heterocycles. The lowest BCUT2D eigenvalue weighted by molar-refractivity contribution is -0.192. The van der Waals surface area contributed by atoms with Gasteiger partial charge in [-0.3, -0.25) is 0 Å². The Labute approximate surface area is 192 Å². The Morgan fingerprint density at radius 3 is 2.50 bits per heavy atom. The largest absolute Gasteiger partial charge is 0.490 e. The summed E-state index contributed by atoms with van der Waals surface area (Å²) in [6, 6.07) is 4.20. The van der Waals surface area contributed by atoms with Crippen LogP contribution in [0.3, 0.4) is 0 Å². The van der Waals surface area contributed by atoms with Crippen molar-refractivity contribution >= 4 is 49.4 Å². The lowest BCUT2D eigenvalue weighted by atomic mass is 9.94. The van der Waals surface area contributed by atoms with E-state index >= 15 is 0 Å². The van der Waals surface area contributed by atoms with Gasteiger partial charge in [0.05, 0.1) is 15.8 Å². The van der Waals surface area contributed by atoms with Crippen LogP contribution in [0.15, 0.2) is 18.2 Å². The first-order chi connectivity index (χ1) is 15.8. The molecule has 1 aromatic carbocycles. The third kappa shape index (κ3) is 4.82. The van der Waals surface area contributed by atoms with Crippen molar-refractivity contribution in [2.75, 3.05) is 30.3 Å². The number of aromatic nitrogens is 2. The highest BCUT2D eigenvalue weighted by Gasteiger charge is 2.38. The molecule has 14 heteroatoms. The molecule has 0 saturated carbocycles. The van der Waals surface area contributed by atoms with Gasteiger partial charge in [-0.15, -0.1) is 11.3 Å². The summed E-state index contributed by atoms with van der Waals surface area (Å²) in [5.41, 5.74) is 5.93. The average Bonchev–Trinajstić information content (AvgIpc) is 3.33. The van der Waals surface area contributed by atoms with E-state index in [2.05, 4.69) is 20.2 Å². The fraction of sp³-hybridized carbons (Fsp3) is 0.450. The second kappa shape index (κ2) is 8.73. The van der Waals surface area contributed by atoms with Crippen molar-refractivity contribution in [3.05, 3.63) is 23.8 Å². The maximum absolute atomic E-state index is 13.1. The SMILES string of the molecule is Nc1nc(N2CC3CCCNC3C2)c2sc3cc(C(F)(F)F)ccc3c2n1.O=C(O)C(F)(F)F. The Morgan fingerprint density at radius 1 is 1.18 bits per heavy atom. The fourth-order valence-electron chi connectivity index (χ4n) is 4.25. The molecule has 184 valence electrons. The molecule has 0 spiro atoms. The van der Waals surface area contributed by atoms with Crippen LogP contribution in [0.4, 0.5) is 38.1 Å². The van der Waals surface area contributed by atoms with Crippen molar-refractivity contribution in [2.45, 2.75) is 31.2 Å². The van der Waals surface area contributed by atoms with Gasteiger partial charge in [0, 0.05) is 29.2 Å². The maximum atomic E-state index is 13.1. The first-order valence-electron chi connectivity index (χ1n) is 10.2. The number of nitrogens with zero attached hydrogens (tertiary/aromatic N) is 3. The third-order valence-corrected chi connectivity index (χ3v) is 6.92. The molecule has 2 aliphatic rings. The number of halogens is 6. The number of alkyl halides is 6. The van der Waals surface area contributed by atoms with Crippen LogP contribution >= 0.6 is 11.3 Å². The lowest BCUT2D eigenvalue weighted by Gasteiger charge is -2.24. The van der Waals surface area contributed by atoms with E-state index in [1.807, 2.05) is 0 Å². The summed E-state index contributed by atoms with van der Waals surface area (Å²) in [7, 11) is 0. The Hall–Kier alpha value is -2.87. The van der Waals surface area contributed by atoms with Crippen molar-refractivity contribution in [2.24, 2.45) is 5.92 Å². The molecule has 4 N–H and O–H groups in total. The molecule has 0 amide bonds. The zero-order valence-electron chi connectivity index (χ0n) is 17.4. The van der Waals surface area contributed by atoms with Gasteiger partial charge in [-0.05, 0) is 37.4 Å². The number of nitrogens with two attached hydrogens (primary N) is 1. The van der Waals surface area contributed by atoms with Crippen LogP contribution in [-0.4, -0.2) is 52.9 Å². The number of carbonyl (C=O) groups is 1. The number of nitrogen functional groups attached to an aromatic ring is 1. The molecular weight excluding hydrogens is 488 g/mol. The van der Waals surface area contributed by atoms with E-state index < -0.39 is 23.9 Å². The first kappa shape index (κ1) is 24.3. The number of aliphatic carboxylic acids is 1. The van der Waals surface area contributed by atoms with Gasteiger partial charge in [0.1, 0.15) is 0 Å². The number of hydrogen-bond acceptors (Lipinski definition) is 7. The number of carboxylic acids is 1. The Kier molecular flexibility index (Phi) is 6.23. The quantitative estimate of drug-likeness (QED) is 0.423. The number of fused-ring (bicyclic) bond motifs is 4. The van der Waals surface area contributed by atoms with E-state index in [0.29, 0.717) is 27.6 Å². The normalized spacial score (nSPS) is 20.8. The second-order valence-corrected chi connectivity index (χ2v) is 9.12. The molecule has 4 heterocycles. The van der Waals surface area contributed by atoms with Gasteiger partial charge in [0.15, 0.2) is 5.82 Å². The molecule has 0 aliphatic carbocycles. The minimum absolute atomic E-state index is 0.153. The molecule has 7 nitrogen and oxygen atoms in total. The average molecular weight is 507 g/mol. The Balaban J connectivity index is 0.000000344. The highest BCUT2D eigenvalue weighted by atomic mass is 32.1. The third-order valence-electron chi connectivity index (χ3n) is 5.78. The van der Waals surface area contributed by atoms with Crippen molar-refractivity contribution < 1.29 is 36.2 Å². The summed E-state index contributed by atoms with van der Waals surface area (Å²) in [5, 5.41) is 11.4. The zero-order valence-corrected chi connectivity index (χ0v) is 18.2. The summed E-state index contributed by atoms with van der Waals surface area (Å²) in [5.74, 6) is -1.30. The monoisotopic (exact) mass is 507 g/mol. The van der Waals surface area contributed by atoms with E-state index in [-0.39, 0.29) is 5.95 Å². The summed E-state index contributed by atoms with van der Waals surface area (Å²) >= 11 is 1.30. The summed E-state index contributed by atoms with van der Waals surface area (Å²) in [6.07, 6.45) is -7.10. The number of benzene rings is 1. The minimum Gasteiger partial charge on any atom is -0.475 e. The molecule has 2 fully saturated rings. The van der Waals surface area contributed by atoms with Crippen LogP contribution in [0.25, 0.3) is 20.3 Å². The van der Waals surface area contributed by atoms with Gasteiger partial charge in [0.25, 0.3) is 0 Å². The van der Waals surface area contributed by atoms with Gasteiger partial charge >= 0.3 is 18.3 Å². The lowest BCUT2D eigenvalue weighted by Crippen LogP contribution is -2.40. The predicted molar refractivity (Wildman–Crippen MR) is 115 cm³/mol. The minimum atomic E-state index is -5.08. The van der Waals surface area contributed by atoms with E-state index in [1.54, 1.807) is 0 Å². The maximum Gasteiger partial charge on any atom is 0.490 e. The van der Waals surface area contributed by atoms with E-state index in [4.69, 9.17) is 15.6 Å². The predicted octanol–water partition coefficient (Wildman–Crippen LogP) is 4.27. The number of piperidine rings is 1.